The van der Waals surface area contributed by atoms with Crippen molar-refractivity contribution < 1.29 is 19.1 Å². The Morgan fingerprint density at radius 3 is 2.41 bits per heavy atom. The first-order chi connectivity index (χ1) is 7.82. The van der Waals surface area contributed by atoms with Crippen LogP contribution in [0.5, 0.6) is 0 Å². The summed E-state index contributed by atoms with van der Waals surface area (Å²) in [5.74, 6) is -2.32. The Morgan fingerprint density at radius 1 is 1.41 bits per heavy atom. The molecule has 92 valence electrons. The van der Waals surface area contributed by atoms with Crippen molar-refractivity contribution in [2.45, 2.75) is 13.0 Å². The summed E-state index contributed by atoms with van der Waals surface area (Å²) in [7, 11) is 1.33. The van der Waals surface area contributed by atoms with Gasteiger partial charge in [0.25, 0.3) is 0 Å². The summed E-state index contributed by atoms with van der Waals surface area (Å²) >= 11 is 5.65. The van der Waals surface area contributed by atoms with E-state index in [2.05, 4.69) is 0 Å². The number of hydrogen-bond acceptors (Lipinski definition) is 2. The molecule has 0 fully saturated rings. The molecule has 0 saturated heterocycles. The molecule has 0 heterocycles. The zero-order chi connectivity index (χ0) is 13.2. The Balaban J connectivity index is 3.23. The number of carboxylic acids is 1. The van der Waals surface area contributed by atoms with E-state index in [1.54, 1.807) is 0 Å². The van der Waals surface area contributed by atoms with E-state index in [0.29, 0.717) is 0 Å². The summed E-state index contributed by atoms with van der Waals surface area (Å²) < 4.78 is 13.1. The third kappa shape index (κ3) is 3.17. The molecule has 0 bridgehead atoms. The monoisotopic (exact) mass is 259 g/mol. The summed E-state index contributed by atoms with van der Waals surface area (Å²) in [4.78, 5) is 23.3. The quantitative estimate of drug-likeness (QED) is 0.904. The number of halogens is 2. The van der Waals surface area contributed by atoms with Gasteiger partial charge in [-0.05, 0) is 23.8 Å². The van der Waals surface area contributed by atoms with E-state index >= 15 is 0 Å². The zero-order valence-electron chi connectivity index (χ0n) is 9.28. The molecule has 4 nitrogen and oxygen atoms in total. The smallest absolute Gasteiger partial charge is 0.331 e. The predicted octanol–water partition coefficient (Wildman–Crippen LogP) is 2.08. The van der Waals surface area contributed by atoms with Gasteiger partial charge in [0.15, 0.2) is 6.04 Å². The van der Waals surface area contributed by atoms with Gasteiger partial charge in [-0.3, -0.25) is 4.79 Å². The lowest BCUT2D eigenvalue weighted by Gasteiger charge is -2.24. The molecule has 0 aliphatic rings. The highest BCUT2D eigenvalue weighted by Crippen LogP contribution is 2.24. The molecule has 0 aliphatic carbocycles. The number of benzene rings is 1. The van der Waals surface area contributed by atoms with Gasteiger partial charge in [-0.2, -0.15) is 0 Å². The molecule has 6 heteroatoms. The summed E-state index contributed by atoms with van der Waals surface area (Å²) in [6.45, 7) is 1.23. The van der Waals surface area contributed by atoms with Crippen LogP contribution in [0.4, 0.5) is 4.39 Å². The van der Waals surface area contributed by atoms with E-state index in [1.165, 1.54) is 20.0 Å². The highest BCUT2D eigenvalue weighted by Gasteiger charge is 2.27. The van der Waals surface area contributed by atoms with Crippen LogP contribution in [0.15, 0.2) is 18.2 Å². The van der Waals surface area contributed by atoms with Gasteiger partial charge < -0.3 is 10.0 Å². The maximum Gasteiger partial charge on any atom is 0.331 e. The molecule has 1 amide bonds. The number of likely N-dealkylation sites (N-methyl/N-ethyl adjacent to an activating group) is 1. The molecule has 1 N–H and O–H groups in total. The van der Waals surface area contributed by atoms with Crippen molar-refractivity contribution >= 4 is 23.5 Å². The second-order valence-electron chi connectivity index (χ2n) is 3.57. The number of hydrogen-bond donors (Lipinski definition) is 1. The second kappa shape index (κ2) is 5.14. The highest BCUT2D eigenvalue weighted by molar-refractivity contribution is 6.30. The van der Waals surface area contributed by atoms with Crippen molar-refractivity contribution in [2.75, 3.05) is 7.05 Å². The van der Waals surface area contributed by atoms with Crippen LogP contribution < -0.4 is 0 Å². The average molecular weight is 260 g/mol. The number of rotatable bonds is 3. The average Bonchev–Trinajstić information content (AvgIpc) is 2.15. The van der Waals surface area contributed by atoms with Crippen molar-refractivity contribution in [1.82, 2.24) is 4.90 Å². The number of carboxylic acid groups (broad SMARTS) is 1. The van der Waals surface area contributed by atoms with E-state index < -0.39 is 23.7 Å². The molecule has 1 rings (SSSR count). The lowest BCUT2D eigenvalue weighted by atomic mass is 10.1. The summed E-state index contributed by atoms with van der Waals surface area (Å²) in [6, 6.07) is 2.19. The van der Waals surface area contributed by atoms with Crippen LogP contribution >= 0.6 is 11.6 Å². The van der Waals surface area contributed by atoms with E-state index in [0.717, 1.165) is 17.0 Å². The molecular weight excluding hydrogens is 249 g/mol. The first-order valence-corrected chi connectivity index (χ1v) is 5.13. The molecule has 0 saturated carbocycles. The largest absolute Gasteiger partial charge is 0.479 e. The lowest BCUT2D eigenvalue weighted by molar-refractivity contribution is -0.148. The lowest BCUT2D eigenvalue weighted by Crippen LogP contribution is -2.34. The van der Waals surface area contributed by atoms with Crippen LogP contribution in [0, 0.1) is 5.82 Å². The summed E-state index contributed by atoms with van der Waals surface area (Å²) in [6.07, 6.45) is 0. The maximum absolute atomic E-state index is 13.1. The predicted molar refractivity (Wildman–Crippen MR) is 60.2 cm³/mol. The Labute approximate surface area is 103 Å². The molecule has 0 aliphatic heterocycles. The number of carbonyl (C=O) groups is 2. The van der Waals surface area contributed by atoms with Crippen LogP contribution in [0.25, 0.3) is 0 Å². The normalized spacial score (nSPS) is 12.0. The van der Waals surface area contributed by atoms with Gasteiger partial charge in [0.05, 0.1) is 0 Å². The van der Waals surface area contributed by atoms with Crippen molar-refractivity contribution in [3.05, 3.63) is 34.6 Å². The minimum atomic E-state index is -1.25. The van der Waals surface area contributed by atoms with Gasteiger partial charge in [-0.1, -0.05) is 11.6 Å². The number of amides is 1. The van der Waals surface area contributed by atoms with Crippen LogP contribution in [-0.2, 0) is 9.59 Å². The van der Waals surface area contributed by atoms with Crippen LogP contribution in [-0.4, -0.2) is 28.9 Å². The Hall–Kier alpha value is -1.62. The van der Waals surface area contributed by atoms with E-state index in [4.69, 9.17) is 16.7 Å². The van der Waals surface area contributed by atoms with Gasteiger partial charge in [0.2, 0.25) is 5.91 Å². The van der Waals surface area contributed by atoms with Crippen molar-refractivity contribution in [3.63, 3.8) is 0 Å². The Morgan fingerprint density at radius 2 is 2.00 bits per heavy atom. The first kappa shape index (κ1) is 13.4. The van der Waals surface area contributed by atoms with Gasteiger partial charge >= 0.3 is 5.97 Å². The van der Waals surface area contributed by atoms with Gasteiger partial charge in [-0.15, -0.1) is 0 Å². The first-order valence-electron chi connectivity index (χ1n) is 4.75. The van der Waals surface area contributed by atoms with Gasteiger partial charge in [0.1, 0.15) is 5.82 Å². The molecule has 1 aromatic carbocycles. The van der Waals surface area contributed by atoms with Crippen molar-refractivity contribution in [2.24, 2.45) is 0 Å². The minimum absolute atomic E-state index is 0.0863. The van der Waals surface area contributed by atoms with Crippen LogP contribution in [0.3, 0.4) is 0 Å². The van der Waals surface area contributed by atoms with E-state index in [-0.39, 0.29) is 10.6 Å². The van der Waals surface area contributed by atoms with Gasteiger partial charge in [-0.25, -0.2) is 9.18 Å². The van der Waals surface area contributed by atoms with Crippen LogP contribution in [0.1, 0.15) is 18.5 Å². The number of aliphatic carboxylic acids is 1. The van der Waals surface area contributed by atoms with E-state index in [1.807, 2.05) is 0 Å². The van der Waals surface area contributed by atoms with Crippen LogP contribution in [0.2, 0.25) is 5.02 Å². The van der Waals surface area contributed by atoms with Crippen molar-refractivity contribution in [3.8, 4) is 0 Å². The highest BCUT2D eigenvalue weighted by atomic mass is 35.5. The third-order valence-corrected chi connectivity index (χ3v) is 2.54. The zero-order valence-corrected chi connectivity index (χ0v) is 10.0. The summed E-state index contributed by atoms with van der Waals surface area (Å²) in [5.41, 5.74) is 0.125. The minimum Gasteiger partial charge on any atom is -0.479 e. The second-order valence-corrected chi connectivity index (χ2v) is 4.01. The molecule has 17 heavy (non-hydrogen) atoms. The SMILES string of the molecule is CC(=O)N(C)C(C(=O)O)c1cc(F)cc(Cl)c1. The number of nitrogens with zero attached hydrogens (tertiary/aromatic N) is 1. The molecule has 1 aromatic rings. The standard InChI is InChI=1S/C11H11ClFNO3/c1-6(15)14(2)10(11(16)17)7-3-8(12)5-9(13)4-7/h3-5,10H,1-2H3,(H,16,17). The molecule has 1 atom stereocenters. The molecule has 0 radical (unpaired) electrons. The fraction of sp³-hybridized carbons (Fsp3) is 0.273. The maximum atomic E-state index is 13.1. The molecule has 1 unspecified atom stereocenters. The Bertz CT molecular complexity index is 444. The topological polar surface area (TPSA) is 57.6 Å². The molecule has 0 aromatic heterocycles. The molecule has 0 spiro atoms. The van der Waals surface area contributed by atoms with Crippen molar-refractivity contribution in [1.29, 1.82) is 0 Å². The fourth-order valence-electron chi connectivity index (χ4n) is 1.45. The number of carbonyl (C=O) groups excluding carboxylic acids is 1. The summed E-state index contributed by atoms with van der Waals surface area (Å²) in [5, 5.41) is 9.15. The van der Waals surface area contributed by atoms with E-state index in [9.17, 15) is 14.0 Å². The molecular formula is C11H11ClFNO3. The van der Waals surface area contributed by atoms with Gasteiger partial charge in [0, 0.05) is 19.0 Å². The fourth-order valence-corrected chi connectivity index (χ4v) is 1.68. The third-order valence-electron chi connectivity index (χ3n) is 2.32. The Kier molecular flexibility index (Phi) is 4.07.